The number of aliphatic imine (C=N–C) groups is 2. The molecule has 0 unspecified atom stereocenters. The number of nitrogen functional groups attached to an aromatic ring is 4. The van der Waals surface area contributed by atoms with Gasteiger partial charge in [-0.25, -0.2) is 70.6 Å². The van der Waals surface area contributed by atoms with E-state index in [2.05, 4.69) is 9.98 Å². The molecule has 1 aromatic heterocycles. The summed E-state index contributed by atoms with van der Waals surface area (Å²) in [6.07, 6.45) is 0. The Kier molecular flexibility index (Phi) is 38.1. The molecule has 0 atom stereocenters. The Morgan fingerprint density at radius 1 is 0.469 bits per heavy atom. The van der Waals surface area contributed by atoms with Crippen LogP contribution in [0.1, 0.15) is 27.0 Å². The fraction of sp³-hybridized carbons (Fsp3) is 0.224. The van der Waals surface area contributed by atoms with Crippen molar-refractivity contribution in [3.8, 4) is 5.69 Å². The first-order chi connectivity index (χ1) is 43.3. The number of benzene rings is 6. The van der Waals surface area contributed by atoms with E-state index in [1.54, 1.807) is 28.8 Å². The Morgan fingerprint density at radius 3 is 1.01 bits per heavy atom. The molecule has 2 amide bonds. The number of hydrogen-bond acceptors (Lipinski definition) is 24. The Hall–Kier alpha value is -6.67. The molecule has 96 heavy (non-hydrogen) atoms. The van der Waals surface area contributed by atoms with Gasteiger partial charge in [-0.3, -0.25) is 19.1 Å². The molecule has 0 bridgehead atoms. The smallest absolute Gasteiger partial charge is 0.222 e. The largest absolute Gasteiger partial charge is 1.00 e. The molecule has 3 heterocycles. The maximum atomic E-state index is 12.9. The zero-order chi connectivity index (χ0) is 71.9. The number of para-hydroxylation sites is 3. The number of hydrogen-bond donors (Lipinski definition) is 4. The van der Waals surface area contributed by atoms with E-state index in [9.17, 15) is 14.4 Å². The number of anilines is 9. The zero-order valence-electron chi connectivity index (χ0n) is 53.4. The number of aromatic nitrogens is 2. The normalized spacial score (nSPS) is 13.3. The van der Waals surface area contributed by atoms with Gasteiger partial charge in [0.15, 0.2) is 14.1 Å². The summed E-state index contributed by atoms with van der Waals surface area (Å²) in [7, 11) is 17.1. The fourth-order valence-electron chi connectivity index (χ4n) is 7.84. The van der Waals surface area contributed by atoms with Crippen molar-refractivity contribution in [1.82, 2.24) is 9.36 Å². The Morgan fingerprint density at radius 2 is 0.760 bits per heavy atom. The van der Waals surface area contributed by atoms with E-state index in [0.717, 1.165) is 56.9 Å². The van der Waals surface area contributed by atoms with Crippen LogP contribution >= 0.6 is 30.3 Å². The van der Waals surface area contributed by atoms with Crippen LogP contribution in [0.15, 0.2) is 166 Å². The minimum atomic E-state index is -4.94. The van der Waals surface area contributed by atoms with E-state index in [-0.39, 0.29) is 54.4 Å². The van der Waals surface area contributed by atoms with Gasteiger partial charge in [0, 0.05) is 85.9 Å². The first kappa shape index (κ1) is 89.3. The topological polar surface area (TPSA) is 489 Å². The van der Waals surface area contributed by atoms with Gasteiger partial charge in [-0.05, 0) is 97.9 Å². The van der Waals surface area contributed by atoms with Crippen molar-refractivity contribution in [3.63, 3.8) is 0 Å². The number of nitrogens with zero attached hydrogens (tertiary/aromatic N) is 11. The van der Waals surface area contributed by atoms with Crippen LogP contribution in [0.4, 0.5) is 62.6 Å². The van der Waals surface area contributed by atoms with Crippen molar-refractivity contribution in [3.05, 3.63) is 168 Å². The molecule has 38 heteroatoms. The van der Waals surface area contributed by atoms with Gasteiger partial charge in [-0.1, -0.05) is 78.1 Å². The molecule has 0 radical (unpaired) electrons. The van der Waals surface area contributed by atoms with Crippen LogP contribution in [0.2, 0.25) is 0 Å². The molecule has 9 rings (SSSR count). The molecular weight excluding hydrogens is 1440 g/mol. The third-order valence-corrected chi connectivity index (χ3v) is 12.6. The Balaban J connectivity index is 0.00000118. The molecule has 0 saturated heterocycles. The van der Waals surface area contributed by atoms with Gasteiger partial charge in [0.05, 0.1) is 34.1 Å². The zero-order valence-corrected chi connectivity index (χ0v) is 61.0. The molecule has 30 nitrogen and oxygen atoms in total. The van der Waals surface area contributed by atoms with Crippen molar-refractivity contribution < 1.29 is 146 Å². The fourth-order valence-corrected chi connectivity index (χ4v) is 7.84. The number of halogens is 6. The predicted octanol–water partition coefficient (Wildman–Crippen LogP) is -7.22. The van der Waals surface area contributed by atoms with Crippen molar-refractivity contribution >= 4 is 128 Å². The number of nitrogens with two attached hydrogens (primary N) is 4. The molecule has 8 N–H and O–H groups in total. The molecule has 0 saturated carbocycles. The van der Waals surface area contributed by atoms with E-state index < -0.39 is 41.9 Å². The van der Waals surface area contributed by atoms with Crippen LogP contribution < -0.4 is 139 Å². The first-order valence-electron chi connectivity index (χ1n) is 26.3. The summed E-state index contributed by atoms with van der Waals surface area (Å²) in [5.74, 6) is -0.329. The second-order valence-corrected chi connectivity index (χ2v) is 27.3. The second kappa shape index (κ2) is 40.9. The number of amides is 2. The van der Waals surface area contributed by atoms with Crippen LogP contribution in [0.5, 0.6) is 0 Å². The molecule has 2 aliphatic heterocycles. The summed E-state index contributed by atoms with van der Waals surface area (Å²) in [5, 5.41) is 3.22. The maximum absolute atomic E-state index is 12.9. The monoisotopic (exact) mass is 1510 g/mol. The third kappa shape index (κ3) is 30.8. The SMILES string of the molecule is C.CC1=[N+](C)N(c2ccccc2)C(=O)C1=Nc1ccc(N(C)C)cc1N.CC1=[N+](C)N(c2ccccc2)C(=O)C1=Nc1ccc(N(C)C)cc1N.CN(C)c1cccc(N)c1.Cc1c(N)c(=O)n(-c2ccccc2)n1C.[Cl][Fe]([Cl])[Cl].[Na+].[O-][Cl+3]([O-])([O-])[O-].[O-][Cl+3]([O-])([O-])[O-].[O-][Cl+3]([O-])([O-])[O-]. The third-order valence-electron chi connectivity index (χ3n) is 12.6. The van der Waals surface area contributed by atoms with Crippen molar-refractivity contribution in [2.45, 2.75) is 28.2 Å². The minimum Gasteiger partial charge on any atom is -0.222 e. The van der Waals surface area contributed by atoms with Crippen LogP contribution in [-0.4, -0.2) is 110 Å². The molecule has 0 spiro atoms. The summed E-state index contributed by atoms with van der Waals surface area (Å²) in [6.45, 7) is 5.59. The first-order valence-corrected chi connectivity index (χ1v) is 34.5. The van der Waals surface area contributed by atoms with Crippen molar-refractivity contribution in [1.29, 1.82) is 0 Å². The predicted molar refractivity (Wildman–Crippen MR) is 336 cm³/mol. The Labute approximate surface area is 601 Å². The van der Waals surface area contributed by atoms with Crippen molar-refractivity contribution in [2.24, 2.45) is 17.0 Å². The standard InChI is InChI=1S/2C19H21N5O.C11H13N3O.C8H12N2.CH4.3ClHO4.3ClH.Fe.Na/c2*1-13-18(21-17-11-10-15(22(2)3)12-16(17)20)19(25)24(23(13)4)14-8-6-5-7-9-14;1-8-10(12)11(15)14(13(8)2)9-6-4-3-5-7-9;1-10(2)8-5-3-4-7(9)6-8;;3*2-1(3,4)5;;;;;/h2*5-12,20H,1-4H3;3-7H,12H2,1-2H3;3-6H,9H2,1-2H3;1H4;3*(H,2,3,4,5);3*1H;;/q;;;;;;;;;;;+3;+1/p-4. The number of carbonyl (C=O) groups excluding carboxylic acids is 2. The number of carbonyl (C=O) groups is 2. The Bertz CT molecular complexity index is 3620. The van der Waals surface area contributed by atoms with Gasteiger partial charge in [-0.2, -0.15) is 0 Å². The summed E-state index contributed by atoms with van der Waals surface area (Å²) in [4.78, 5) is 52.7. The molecule has 0 fully saturated rings. The van der Waals surface area contributed by atoms with Crippen LogP contribution in [0, 0.1) is 37.7 Å². The van der Waals surface area contributed by atoms with E-state index in [1.807, 2.05) is 251 Å². The average molecular weight is 1510 g/mol. The van der Waals surface area contributed by atoms with Gasteiger partial charge in [0.2, 0.25) is 22.8 Å². The van der Waals surface area contributed by atoms with Gasteiger partial charge in [0.25, 0.3) is 5.56 Å². The van der Waals surface area contributed by atoms with Gasteiger partial charge in [0.1, 0.15) is 17.1 Å². The van der Waals surface area contributed by atoms with Crippen molar-refractivity contribution in [2.75, 3.05) is 104 Å². The van der Waals surface area contributed by atoms with E-state index in [1.165, 1.54) is 0 Å². The van der Waals surface area contributed by atoms with Gasteiger partial charge >= 0.3 is 82.8 Å². The summed E-state index contributed by atoms with van der Waals surface area (Å²) < 4.78 is 109. The van der Waals surface area contributed by atoms with Crippen LogP contribution in [-0.2, 0) is 27.8 Å². The van der Waals surface area contributed by atoms with Gasteiger partial charge in [-0.15, -0.1) is 40.1 Å². The maximum Gasteiger partial charge on any atom is 1.00 e. The van der Waals surface area contributed by atoms with E-state index >= 15 is 0 Å². The van der Waals surface area contributed by atoms with E-state index in [4.69, 9.17) is 109 Å². The molecule has 521 valence electrons. The summed E-state index contributed by atoms with van der Waals surface area (Å²) in [6, 6.07) is 47.5. The minimum absolute atomic E-state index is 0. The second-order valence-electron chi connectivity index (χ2n) is 19.6. The van der Waals surface area contributed by atoms with Gasteiger partial charge < -0.3 is 37.6 Å². The number of rotatable bonds is 8. The molecule has 6 aromatic carbocycles. The van der Waals surface area contributed by atoms with Crippen LogP contribution in [0.3, 0.4) is 0 Å². The van der Waals surface area contributed by atoms with Crippen LogP contribution in [0.25, 0.3) is 5.69 Å². The summed E-state index contributed by atoms with van der Waals surface area (Å²) in [5.41, 5.74) is 35.4. The number of hydrazone groups is 2. The average Bonchev–Trinajstić information content (AvgIpc) is 1.65. The quantitative estimate of drug-likeness (QED) is 0.0624. The number of hydrazine groups is 2. The molecule has 7 aromatic rings. The summed E-state index contributed by atoms with van der Waals surface area (Å²) >= 11 is -1.33. The molecular formula is C58H73Cl6FeN15NaO15. The molecule has 2 aliphatic rings. The molecule has 0 aliphatic carbocycles. The van der Waals surface area contributed by atoms with E-state index in [0.29, 0.717) is 39.9 Å².